The lowest BCUT2D eigenvalue weighted by molar-refractivity contribution is -0.136. The zero-order valence-electron chi connectivity index (χ0n) is 20.2. The van der Waals surface area contributed by atoms with Gasteiger partial charge in [-0.05, 0) is 72.9 Å². The number of likely N-dealkylation sites (tertiary alicyclic amines) is 1. The van der Waals surface area contributed by atoms with Gasteiger partial charge in [0.1, 0.15) is 17.9 Å². The highest BCUT2D eigenvalue weighted by atomic mass is 16.5. The Morgan fingerprint density at radius 2 is 1.97 bits per heavy atom. The number of aromatic nitrogens is 1. The predicted molar refractivity (Wildman–Crippen MR) is 133 cm³/mol. The molecule has 1 N–H and O–H groups in total. The number of imide groups is 1. The van der Waals surface area contributed by atoms with Crippen LogP contribution in [0.5, 0.6) is 5.75 Å². The van der Waals surface area contributed by atoms with Crippen molar-refractivity contribution < 1.29 is 19.1 Å². The Balaban J connectivity index is 1.08. The molecule has 3 amide bonds. The molecule has 0 saturated carbocycles. The lowest BCUT2D eigenvalue weighted by Gasteiger charge is -2.29. The summed E-state index contributed by atoms with van der Waals surface area (Å²) in [5, 5.41) is 3.51. The SMILES string of the molecule is Cc1cnc2ccc(CN3CC[C@H](Oc4ccc5c(c4)CN(C4CCC(=O)NC4=O)C5=O)C3)cc2c1. The molecule has 1 aromatic heterocycles. The third kappa shape index (κ3) is 4.33. The highest BCUT2D eigenvalue weighted by Crippen LogP contribution is 2.31. The summed E-state index contributed by atoms with van der Waals surface area (Å²) in [7, 11) is 0. The normalized spacial score (nSPS) is 22.2. The quantitative estimate of drug-likeness (QED) is 0.560. The van der Waals surface area contributed by atoms with Gasteiger partial charge in [-0.3, -0.25) is 29.6 Å². The van der Waals surface area contributed by atoms with Crippen LogP contribution in [0.25, 0.3) is 10.9 Å². The van der Waals surface area contributed by atoms with Crippen LogP contribution >= 0.6 is 0 Å². The maximum Gasteiger partial charge on any atom is 0.255 e. The molecule has 3 aromatic rings. The van der Waals surface area contributed by atoms with Crippen LogP contribution in [0.2, 0.25) is 0 Å². The van der Waals surface area contributed by atoms with Crippen LogP contribution in [0.3, 0.4) is 0 Å². The lowest BCUT2D eigenvalue weighted by Crippen LogP contribution is -2.52. The number of nitrogens with zero attached hydrogens (tertiary/aromatic N) is 3. The fourth-order valence-electron chi connectivity index (χ4n) is 5.50. The third-order valence-electron chi connectivity index (χ3n) is 7.32. The van der Waals surface area contributed by atoms with Crippen molar-refractivity contribution in [3.8, 4) is 5.75 Å². The first-order valence-corrected chi connectivity index (χ1v) is 12.4. The van der Waals surface area contributed by atoms with Crippen LogP contribution in [0, 0.1) is 6.92 Å². The van der Waals surface area contributed by atoms with Gasteiger partial charge in [-0.25, -0.2) is 0 Å². The van der Waals surface area contributed by atoms with Gasteiger partial charge >= 0.3 is 0 Å². The number of pyridine rings is 1. The second-order valence-electron chi connectivity index (χ2n) is 10.0. The highest BCUT2D eigenvalue weighted by molar-refractivity contribution is 6.05. The van der Waals surface area contributed by atoms with Crippen LogP contribution in [0.15, 0.2) is 48.7 Å². The van der Waals surface area contributed by atoms with Crippen molar-refractivity contribution in [1.29, 1.82) is 0 Å². The molecule has 36 heavy (non-hydrogen) atoms. The minimum absolute atomic E-state index is 0.0794. The molecule has 3 aliphatic heterocycles. The van der Waals surface area contributed by atoms with E-state index in [1.165, 1.54) is 10.9 Å². The number of rotatable bonds is 5. The first kappa shape index (κ1) is 22.7. The summed E-state index contributed by atoms with van der Waals surface area (Å²) in [6, 6.07) is 13.5. The Morgan fingerprint density at radius 1 is 1.08 bits per heavy atom. The molecule has 8 nitrogen and oxygen atoms in total. The van der Waals surface area contributed by atoms with Gasteiger partial charge in [0, 0.05) is 49.7 Å². The molecule has 1 unspecified atom stereocenters. The van der Waals surface area contributed by atoms with Gasteiger partial charge in [0.15, 0.2) is 0 Å². The molecule has 0 radical (unpaired) electrons. The van der Waals surface area contributed by atoms with Gasteiger partial charge in [-0.2, -0.15) is 0 Å². The number of fused-ring (bicyclic) bond motifs is 2. The van der Waals surface area contributed by atoms with Crippen molar-refractivity contribution in [2.24, 2.45) is 0 Å². The number of hydrogen-bond donors (Lipinski definition) is 1. The van der Waals surface area contributed by atoms with Crippen molar-refractivity contribution in [2.75, 3.05) is 13.1 Å². The number of piperidine rings is 1. The standard InChI is InChI=1S/C28H28N4O4/c1-17-10-19-11-18(2-5-24(19)29-13-17)14-31-9-8-22(16-31)36-21-3-4-23-20(12-21)15-32(28(23)35)25-6-7-26(33)30-27(25)34/h2-5,10-13,22,25H,6-9,14-16H2,1H3,(H,30,33,34)/t22-,25?/m0/s1. The van der Waals surface area contributed by atoms with Crippen LogP contribution in [-0.2, 0) is 22.7 Å². The molecule has 2 aromatic carbocycles. The average Bonchev–Trinajstić information content (AvgIpc) is 3.42. The predicted octanol–water partition coefficient (Wildman–Crippen LogP) is 2.96. The summed E-state index contributed by atoms with van der Waals surface area (Å²) >= 11 is 0. The summed E-state index contributed by atoms with van der Waals surface area (Å²) in [5.74, 6) is -0.105. The number of benzene rings is 2. The van der Waals surface area contributed by atoms with E-state index < -0.39 is 11.9 Å². The highest BCUT2D eigenvalue weighted by Gasteiger charge is 2.39. The van der Waals surface area contributed by atoms with E-state index >= 15 is 0 Å². The van der Waals surface area contributed by atoms with Gasteiger partial charge in [0.2, 0.25) is 11.8 Å². The summed E-state index contributed by atoms with van der Waals surface area (Å²) in [6.07, 6.45) is 3.52. The second kappa shape index (κ2) is 9.02. The Labute approximate surface area is 209 Å². The van der Waals surface area contributed by atoms with E-state index in [1.54, 1.807) is 11.0 Å². The van der Waals surface area contributed by atoms with Crippen LogP contribution in [0.1, 0.15) is 46.3 Å². The lowest BCUT2D eigenvalue weighted by atomic mass is 10.0. The second-order valence-corrected chi connectivity index (χ2v) is 10.0. The monoisotopic (exact) mass is 484 g/mol. The van der Waals surface area contributed by atoms with E-state index in [2.05, 4.69) is 46.4 Å². The first-order valence-electron chi connectivity index (χ1n) is 12.4. The zero-order chi connectivity index (χ0) is 24.8. The van der Waals surface area contributed by atoms with E-state index in [1.807, 2.05) is 18.3 Å². The minimum atomic E-state index is -0.606. The van der Waals surface area contributed by atoms with Gasteiger partial charge in [-0.1, -0.05) is 6.07 Å². The molecular formula is C28H28N4O4. The van der Waals surface area contributed by atoms with Crippen LogP contribution in [-0.4, -0.2) is 57.7 Å². The minimum Gasteiger partial charge on any atom is -0.489 e. The first-order chi connectivity index (χ1) is 17.4. The van der Waals surface area contributed by atoms with E-state index in [0.717, 1.165) is 48.4 Å². The molecule has 0 bridgehead atoms. The number of carbonyl (C=O) groups is 3. The van der Waals surface area contributed by atoms with Crippen molar-refractivity contribution in [1.82, 2.24) is 20.1 Å². The Bertz CT molecular complexity index is 1390. The summed E-state index contributed by atoms with van der Waals surface area (Å²) in [4.78, 5) is 45.1. The number of hydrogen-bond acceptors (Lipinski definition) is 6. The number of aryl methyl sites for hydroxylation is 1. The molecule has 2 atom stereocenters. The van der Waals surface area contributed by atoms with E-state index in [9.17, 15) is 14.4 Å². The van der Waals surface area contributed by atoms with Gasteiger partial charge in [0.05, 0.1) is 5.52 Å². The molecular weight excluding hydrogens is 456 g/mol. The molecule has 2 fully saturated rings. The number of amides is 3. The van der Waals surface area contributed by atoms with Crippen molar-refractivity contribution in [2.45, 2.75) is 51.4 Å². The average molecular weight is 485 g/mol. The molecule has 3 aliphatic rings. The Hall–Kier alpha value is -3.78. The topological polar surface area (TPSA) is 91.8 Å². The van der Waals surface area contributed by atoms with Crippen LogP contribution in [0.4, 0.5) is 0 Å². The largest absolute Gasteiger partial charge is 0.489 e. The summed E-state index contributed by atoms with van der Waals surface area (Å²) < 4.78 is 6.30. The zero-order valence-corrected chi connectivity index (χ0v) is 20.2. The van der Waals surface area contributed by atoms with Crippen molar-refractivity contribution in [3.05, 3.63) is 70.9 Å². The van der Waals surface area contributed by atoms with E-state index in [0.29, 0.717) is 18.5 Å². The molecule has 184 valence electrons. The number of carbonyl (C=O) groups excluding carboxylic acids is 3. The molecule has 0 aliphatic carbocycles. The Kier molecular flexibility index (Phi) is 5.68. The summed E-state index contributed by atoms with van der Waals surface area (Å²) in [6.45, 7) is 5.07. The van der Waals surface area contributed by atoms with Crippen molar-refractivity contribution >= 4 is 28.6 Å². The van der Waals surface area contributed by atoms with Crippen molar-refractivity contribution in [3.63, 3.8) is 0 Å². The van der Waals surface area contributed by atoms with Gasteiger partial charge in [0.25, 0.3) is 5.91 Å². The Morgan fingerprint density at radius 3 is 2.83 bits per heavy atom. The molecule has 4 heterocycles. The van der Waals surface area contributed by atoms with E-state index in [4.69, 9.17) is 4.74 Å². The third-order valence-corrected chi connectivity index (χ3v) is 7.32. The molecule has 0 spiro atoms. The number of ether oxygens (including phenoxy) is 1. The maximum atomic E-state index is 12.9. The fourth-order valence-corrected chi connectivity index (χ4v) is 5.50. The van der Waals surface area contributed by atoms with Crippen LogP contribution < -0.4 is 10.1 Å². The van der Waals surface area contributed by atoms with Gasteiger partial charge < -0.3 is 9.64 Å². The smallest absolute Gasteiger partial charge is 0.255 e. The summed E-state index contributed by atoms with van der Waals surface area (Å²) in [5.41, 5.74) is 4.89. The molecule has 8 heteroatoms. The number of nitrogens with one attached hydrogen (secondary N) is 1. The maximum absolute atomic E-state index is 12.9. The van der Waals surface area contributed by atoms with Gasteiger partial charge in [-0.15, -0.1) is 0 Å². The van der Waals surface area contributed by atoms with E-state index in [-0.39, 0.29) is 24.3 Å². The molecule has 2 saturated heterocycles. The fraction of sp³-hybridized carbons (Fsp3) is 0.357. The molecule has 6 rings (SSSR count).